The lowest BCUT2D eigenvalue weighted by atomic mass is 10.1. The Kier molecular flexibility index (Phi) is 6.35. The van der Waals surface area contributed by atoms with Crippen molar-refractivity contribution in [3.8, 4) is 0 Å². The van der Waals surface area contributed by atoms with Gasteiger partial charge in [-0.15, -0.1) is 0 Å². The topological polar surface area (TPSA) is 71.6 Å². The van der Waals surface area contributed by atoms with Crippen molar-refractivity contribution in [1.82, 2.24) is 15.0 Å². The van der Waals surface area contributed by atoms with Crippen molar-refractivity contribution in [2.24, 2.45) is 11.8 Å². The fourth-order valence-electron chi connectivity index (χ4n) is 2.83. The number of aliphatic hydroxyl groups is 1. The first kappa shape index (κ1) is 17.4. The summed E-state index contributed by atoms with van der Waals surface area (Å²) in [6, 6.07) is 0. The lowest BCUT2D eigenvalue weighted by Crippen LogP contribution is -2.29. The fourth-order valence-corrected chi connectivity index (χ4v) is 2.83. The van der Waals surface area contributed by atoms with Crippen LogP contribution >= 0.6 is 0 Å². The molecule has 1 saturated carbocycles. The highest BCUT2D eigenvalue weighted by Crippen LogP contribution is 2.26. The maximum Gasteiger partial charge on any atom is 0.240 e. The van der Waals surface area contributed by atoms with E-state index >= 15 is 0 Å². The van der Waals surface area contributed by atoms with Gasteiger partial charge in [-0.2, -0.15) is 4.98 Å². The Morgan fingerprint density at radius 1 is 1.36 bits per heavy atom. The van der Waals surface area contributed by atoms with Crippen LogP contribution < -0.4 is 0 Å². The van der Waals surface area contributed by atoms with Gasteiger partial charge in [-0.3, -0.25) is 4.90 Å². The largest absolute Gasteiger partial charge is 0.393 e. The first-order valence-corrected chi connectivity index (χ1v) is 8.26. The van der Waals surface area contributed by atoms with E-state index in [1.165, 1.54) is 0 Å². The number of nitrogens with zero attached hydrogens (tertiary/aromatic N) is 3. The molecule has 1 fully saturated rings. The zero-order valence-corrected chi connectivity index (χ0v) is 14.2. The molecule has 22 heavy (non-hydrogen) atoms. The van der Waals surface area contributed by atoms with Crippen LogP contribution in [0.1, 0.15) is 57.9 Å². The van der Waals surface area contributed by atoms with Crippen LogP contribution in [0.3, 0.4) is 0 Å². The monoisotopic (exact) mass is 311 g/mol. The van der Waals surface area contributed by atoms with Crippen molar-refractivity contribution in [2.75, 3.05) is 20.2 Å². The van der Waals surface area contributed by atoms with Crippen molar-refractivity contribution in [3.63, 3.8) is 0 Å². The molecule has 0 bridgehead atoms. The van der Waals surface area contributed by atoms with Crippen LogP contribution in [0.4, 0.5) is 0 Å². The molecular weight excluding hydrogens is 282 g/mol. The van der Waals surface area contributed by atoms with Crippen molar-refractivity contribution >= 4 is 0 Å². The number of rotatable bonds is 8. The lowest BCUT2D eigenvalue weighted by Gasteiger charge is -2.21. The Balaban J connectivity index is 1.80. The van der Waals surface area contributed by atoms with Crippen molar-refractivity contribution in [1.29, 1.82) is 0 Å². The van der Waals surface area contributed by atoms with Crippen LogP contribution in [0.25, 0.3) is 0 Å². The van der Waals surface area contributed by atoms with Gasteiger partial charge in [0.05, 0.1) is 12.6 Å². The normalized spacial score (nSPS) is 23.6. The van der Waals surface area contributed by atoms with E-state index in [2.05, 4.69) is 28.9 Å². The molecule has 3 atom stereocenters. The second-order valence-corrected chi connectivity index (χ2v) is 6.87. The first-order valence-electron chi connectivity index (χ1n) is 8.26. The molecule has 0 aliphatic heterocycles. The van der Waals surface area contributed by atoms with Crippen molar-refractivity contribution < 1.29 is 14.4 Å². The summed E-state index contributed by atoms with van der Waals surface area (Å²) in [5.41, 5.74) is 0. The van der Waals surface area contributed by atoms with E-state index in [-0.39, 0.29) is 12.2 Å². The SMILES string of the molecule is CC(C)COC(C)c1noc(CN(C)CC2CCCC2O)n1. The van der Waals surface area contributed by atoms with Gasteiger partial charge < -0.3 is 14.4 Å². The summed E-state index contributed by atoms with van der Waals surface area (Å²) in [4.78, 5) is 6.55. The maximum absolute atomic E-state index is 9.89. The summed E-state index contributed by atoms with van der Waals surface area (Å²) in [5, 5.41) is 13.9. The van der Waals surface area contributed by atoms with E-state index in [1.54, 1.807) is 0 Å². The average molecular weight is 311 g/mol. The molecule has 2 rings (SSSR count). The van der Waals surface area contributed by atoms with Crippen LogP contribution in [0.5, 0.6) is 0 Å². The van der Waals surface area contributed by atoms with E-state index in [0.29, 0.717) is 36.7 Å². The van der Waals surface area contributed by atoms with Crippen LogP contribution in [-0.4, -0.2) is 46.5 Å². The van der Waals surface area contributed by atoms with Gasteiger partial charge in [0.25, 0.3) is 0 Å². The molecule has 0 saturated heterocycles. The maximum atomic E-state index is 9.89. The van der Waals surface area contributed by atoms with Gasteiger partial charge >= 0.3 is 0 Å². The Morgan fingerprint density at radius 3 is 2.77 bits per heavy atom. The van der Waals surface area contributed by atoms with E-state index in [4.69, 9.17) is 9.26 Å². The van der Waals surface area contributed by atoms with Gasteiger partial charge in [0.15, 0.2) is 5.82 Å². The molecule has 0 aromatic carbocycles. The van der Waals surface area contributed by atoms with E-state index in [1.807, 2.05) is 14.0 Å². The second kappa shape index (κ2) is 8.04. The molecule has 126 valence electrons. The number of hydrogen-bond donors (Lipinski definition) is 1. The van der Waals surface area contributed by atoms with E-state index < -0.39 is 0 Å². The molecule has 0 radical (unpaired) electrons. The van der Waals surface area contributed by atoms with E-state index in [0.717, 1.165) is 25.8 Å². The van der Waals surface area contributed by atoms with Gasteiger partial charge in [0.2, 0.25) is 5.89 Å². The first-order chi connectivity index (χ1) is 10.5. The smallest absolute Gasteiger partial charge is 0.240 e. The summed E-state index contributed by atoms with van der Waals surface area (Å²) >= 11 is 0. The molecule has 6 heteroatoms. The number of hydrogen-bond acceptors (Lipinski definition) is 6. The quantitative estimate of drug-likeness (QED) is 0.795. The molecule has 0 spiro atoms. The highest BCUT2D eigenvalue weighted by molar-refractivity contribution is 4.90. The minimum Gasteiger partial charge on any atom is -0.393 e. The third kappa shape index (κ3) is 5.04. The third-order valence-corrected chi connectivity index (χ3v) is 4.10. The number of aliphatic hydroxyl groups excluding tert-OH is 1. The fraction of sp³-hybridized carbons (Fsp3) is 0.875. The minimum atomic E-state index is -0.162. The Hall–Kier alpha value is -0.980. The third-order valence-electron chi connectivity index (χ3n) is 4.10. The van der Waals surface area contributed by atoms with Gasteiger partial charge in [-0.25, -0.2) is 0 Å². The Labute approximate surface area is 132 Å². The summed E-state index contributed by atoms with van der Waals surface area (Å²) in [6.07, 6.45) is 2.83. The molecule has 6 nitrogen and oxygen atoms in total. The lowest BCUT2D eigenvalue weighted by molar-refractivity contribution is 0.0402. The predicted molar refractivity (Wildman–Crippen MR) is 83.2 cm³/mol. The standard InChI is InChI=1S/C16H29N3O3/c1-11(2)10-21-12(3)16-17-15(22-18-16)9-19(4)8-13-6-5-7-14(13)20/h11-14,20H,5-10H2,1-4H3. The van der Waals surface area contributed by atoms with Gasteiger partial charge in [0, 0.05) is 13.2 Å². The predicted octanol–water partition coefficient (Wildman–Crippen LogP) is 2.40. The summed E-state index contributed by atoms with van der Waals surface area (Å²) < 4.78 is 11.0. The van der Waals surface area contributed by atoms with Crippen LogP contribution in [0.2, 0.25) is 0 Å². The average Bonchev–Trinajstić information content (AvgIpc) is 3.06. The summed E-state index contributed by atoms with van der Waals surface area (Å²) in [5.74, 6) is 2.05. The van der Waals surface area contributed by atoms with Crippen molar-refractivity contribution in [3.05, 3.63) is 11.7 Å². The summed E-state index contributed by atoms with van der Waals surface area (Å²) in [6.45, 7) is 8.31. The molecule has 1 aliphatic rings. The molecule has 1 N–H and O–H groups in total. The van der Waals surface area contributed by atoms with Crippen LogP contribution in [0.15, 0.2) is 4.52 Å². The minimum absolute atomic E-state index is 0.151. The molecule has 1 aromatic rings. The molecular formula is C16H29N3O3. The summed E-state index contributed by atoms with van der Waals surface area (Å²) in [7, 11) is 2.02. The molecule has 3 unspecified atom stereocenters. The Bertz CT molecular complexity index is 450. The Morgan fingerprint density at radius 2 is 2.14 bits per heavy atom. The number of ether oxygens (including phenoxy) is 1. The molecule has 0 amide bonds. The van der Waals surface area contributed by atoms with Crippen LogP contribution in [-0.2, 0) is 11.3 Å². The van der Waals surface area contributed by atoms with Gasteiger partial charge in [-0.1, -0.05) is 25.4 Å². The molecule has 1 aliphatic carbocycles. The van der Waals surface area contributed by atoms with Crippen molar-refractivity contribution in [2.45, 2.75) is 58.8 Å². The highest BCUT2D eigenvalue weighted by atomic mass is 16.5. The van der Waals surface area contributed by atoms with Crippen LogP contribution in [0, 0.1) is 11.8 Å². The zero-order valence-electron chi connectivity index (χ0n) is 14.2. The number of aromatic nitrogens is 2. The molecule has 1 heterocycles. The van der Waals surface area contributed by atoms with Gasteiger partial charge in [-0.05, 0) is 38.6 Å². The second-order valence-electron chi connectivity index (χ2n) is 6.87. The highest BCUT2D eigenvalue weighted by Gasteiger charge is 2.26. The zero-order chi connectivity index (χ0) is 16.1. The van der Waals surface area contributed by atoms with Gasteiger partial charge in [0.1, 0.15) is 6.10 Å². The van der Waals surface area contributed by atoms with E-state index in [9.17, 15) is 5.11 Å². The molecule has 1 aromatic heterocycles.